The molecule has 0 aliphatic rings. The maximum Gasteiger partial charge on any atom is 0.354 e. The Morgan fingerprint density at radius 3 is 2.55 bits per heavy atom. The zero-order valence-electron chi connectivity index (χ0n) is 12.3. The van der Waals surface area contributed by atoms with Crippen molar-refractivity contribution in [3.63, 3.8) is 0 Å². The van der Waals surface area contributed by atoms with Crippen molar-refractivity contribution in [2.45, 2.75) is 6.92 Å². The van der Waals surface area contributed by atoms with E-state index >= 15 is 0 Å². The number of aromatic nitrogens is 2. The first kappa shape index (κ1) is 15.9. The monoisotopic (exact) mass is 322 g/mol. The van der Waals surface area contributed by atoms with E-state index in [-0.39, 0.29) is 17.3 Å². The third-order valence-electron chi connectivity index (χ3n) is 2.78. The topological polar surface area (TPSA) is 96.2 Å². The first-order chi connectivity index (χ1) is 10.4. The molecule has 0 fully saturated rings. The van der Waals surface area contributed by atoms with Gasteiger partial charge < -0.3 is 5.32 Å². The molecule has 116 valence electrons. The van der Waals surface area contributed by atoms with Crippen LogP contribution < -0.4 is 10.7 Å². The minimum atomic E-state index is -0.528. The molecule has 0 bridgehead atoms. The Bertz CT molecular complexity index is 707. The predicted molar refractivity (Wildman–Crippen MR) is 85.5 cm³/mol. The number of rotatable bonds is 5. The molecule has 9 heteroatoms. The number of anilines is 3. The lowest BCUT2D eigenvalue weighted by Crippen LogP contribution is -2.21. The Balaban J connectivity index is 2.44. The van der Waals surface area contributed by atoms with Crippen molar-refractivity contribution in [2.75, 3.05) is 24.8 Å². The molecular weight excluding hydrogens is 308 g/mol. The maximum absolute atomic E-state index is 11.4. The first-order valence-electron chi connectivity index (χ1n) is 6.35. The molecule has 0 aliphatic carbocycles. The smallest absolute Gasteiger partial charge is 0.334 e. The van der Waals surface area contributed by atoms with Crippen LogP contribution in [0.25, 0.3) is 0 Å². The second-order valence-electron chi connectivity index (χ2n) is 4.77. The third kappa shape index (κ3) is 3.60. The number of nitro groups is 1. The fourth-order valence-corrected chi connectivity index (χ4v) is 2.06. The van der Waals surface area contributed by atoms with Crippen LogP contribution in [0.4, 0.5) is 23.0 Å². The standard InChI is InChI=1S/C13H15ClN6O2/c1-8-6-9(14)4-5-10(8)17-12-11(20(21)22)13(16-7-15-12)18-19(2)3/h4-7H,1-3H3,(H2,15,16,17,18). The second-order valence-corrected chi connectivity index (χ2v) is 5.20. The van der Waals surface area contributed by atoms with Crippen LogP contribution in [0, 0.1) is 17.0 Å². The van der Waals surface area contributed by atoms with Crippen LogP contribution in [0.1, 0.15) is 5.56 Å². The Labute approximate surface area is 132 Å². The van der Waals surface area contributed by atoms with Gasteiger partial charge in [0.15, 0.2) is 0 Å². The largest absolute Gasteiger partial charge is 0.354 e. The first-order valence-corrected chi connectivity index (χ1v) is 6.73. The summed E-state index contributed by atoms with van der Waals surface area (Å²) in [7, 11) is 3.42. The quantitative estimate of drug-likeness (QED) is 0.645. The van der Waals surface area contributed by atoms with Crippen molar-refractivity contribution in [3.05, 3.63) is 45.2 Å². The number of hydrogen-bond donors (Lipinski definition) is 2. The van der Waals surface area contributed by atoms with Gasteiger partial charge in [0, 0.05) is 24.8 Å². The van der Waals surface area contributed by atoms with Gasteiger partial charge in [-0.25, -0.2) is 15.0 Å². The minimum absolute atomic E-state index is 0.106. The Morgan fingerprint density at radius 2 is 1.95 bits per heavy atom. The number of hydrazine groups is 1. The molecule has 2 N–H and O–H groups in total. The van der Waals surface area contributed by atoms with Crippen molar-refractivity contribution < 1.29 is 4.92 Å². The Hall–Kier alpha value is -2.45. The van der Waals surface area contributed by atoms with Crippen LogP contribution in [0.5, 0.6) is 0 Å². The Morgan fingerprint density at radius 1 is 1.27 bits per heavy atom. The summed E-state index contributed by atoms with van der Waals surface area (Å²) in [5, 5.41) is 16.5. The number of nitrogens with one attached hydrogen (secondary N) is 2. The van der Waals surface area contributed by atoms with Crippen LogP contribution in [-0.2, 0) is 0 Å². The van der Waals surface area contributed by atoms with Crippen LogP contribution in [0.2, 0.25) is 5.02 Å². The molecule has 0 saturated carbocycles. The molecule has 0 unspecified atom stereocenters. The van der Waals surface area contributed by atoms with E-state index in [1.807, 2.05) is 6.92 Å². The summed E-state index contributed by atoms with van der Waals surface area (Å²) >= 11 is 5.91. The lowest BCUT2D eigenvalue weighted by Gasteiger charge is -2.14. The summed E-state index contributed by atoms with van der Waals surface area (Å²) in [6.07, 6.45) is 1.26. The summed E-state index contributed by atoms with van der Waals surface area (Å²) in [4.78, 5) is 18.7. The molecule has 0 amide bonds. The highest BCUT2D eigenvalue weighted by Gasteiger charge is 2.23. The lowest BCUT2D eigenvalue weighted by atomic mass is 10.2. The number of halogens is 1. The highest BCUT2D eigenvalue weighted by Crippen LogP contribution is 2.32. The summed E-state index contributed by atoms with van der Waals surface area (Å²) in [6.45, 7) is 1.85. The van der Waals surface area contributed by atoms with Crippen molar-refractivity contribution in [1.82, 2.24) is 15.0 Å². The van der Waals surface area contributed by atoms with Gasteiger partial charge in [-0.05, 0) is 30.7 Å². The summed E-state index contributed by atoms with van der Waals surface area (Å²) in [5.41, 5.74) is 4.09. The number of benzene rings is 1. The van der Waals surface area contributed by atoms with Crippen molar-refractivity contribution in [1.29, 1.82) is 0 Å². The normalized spacial score (nSPS) is 10.6. The molecule has 0 atom stereocenters. The minimum Gasteiger partial charge on any atom is -0.334 e. The summed E-state index contributed by atoms with van der Waals surface area (Å²) in [5.74, 6) is 0.217. The van der Waals surface area contributed by atoms with Gasteiger partial charge in [-0.1, -0.05) is 11.6 Å². The lowest BCUT2D eigenvalue weighted by molar-refractivity contribution is -0.383. The van der Waals surface area contributed by atoms with Crippen LogP contribution in [-0.4, -0.2) is 34.0 Å². The zero-order chi connectivity index (χ0) is 16.3. The fraction of sp³-hybridized carbons (Fsp3) is 0.231. The van der Waals surface area contributed by atoms with E-state index in [1.165, 1.54) is 6.33 Å². The van der Waals surface area contributed by atoms with Crippen molar-refractivity contribution in [2.24, 2.45) is 0 Å². The van der Waals surface area contributed by atoms with Crippen LogP contribution in [0.3, 0.4) is 0 Å². The highest BCUT2D eigenvalue weighted by molar-refractivity contribution is 6.30. The molecule has 8 nitrogen and oxygen atoms in total. The van der Waals surface area contributed by atoms with E-state index in [0.717, 1.165) is 5.56 Å². The van der Waals surface area contributed by atoms with E-state index in [1.54, 1.807) is 37.3 Å². The number of hydrogen-bond acceptors (Lipinski definition) is 7. The molecule has 2 aromatic rings. The average Bonchev–Trinajstić information content (AvgIpc) is 2.41. The maximum atomic E-state index is 11.4. The molecule has 0 radical (unpaired) electrons. The van der Waals surface area contributed by atoms with E-state index in [0.29, 0.717) is 10.7 Å². The molecule has 22 heavy (non-hydrogen) atoms. The molecule has 1 heterocycles. The predicted octanol–water partition coefficient (Wildman–Crippen LogP) is 2.98. The van der Waals surface area contributed by atoms with Crippen LogP contribution >= 0.6 is 11.6 Å². The highest BCUT2D eigenvalue weighted by atomic mass is 35.5. The molecule has 0 spiro atoms. The Kier molecular flexibility index (Phi) is 4.74. The molecular formula is C13H15ClN6O2. The fourth-order valence-electron chi connectivity index (χ4n) is 1.83. The van der Waals surface area contributed by atoms with Gasteiger partial charge in [0.2, 0.25) is 11.6 Å². The summed E-state index contributed by atoms with van der Waals surface area (Å²) in [6, 6.07) is 5.20. The molecule has 1 aromatic heterocycles. The number of aryl methyl sites for hydroxylation is 1. The molecule has 0 aliphatic heterocycles. The second kappa shape index (κ2) is 6.54. The van der Waals surface area contributed by atoms with E-state index in [4.69, 9.17) is 11.6 Å². The summed E-state index contributed by atoms with van der Waals surface area (Å²) < 4.78 is 0. The van der Waals surface area contributed by atoms with Gasteiger partial charge in [-0.2, -0.15) is 0 Å². The van der Waals surface area contributed by atoms with Gasteiger partial charge in [-0.15, -0.1) is 0 Å². The van der Waals surface area contributed by atoms with E-state index < -0.39 is 4.92 Å². The van der Waals surface area contributed by atoms with Gasteiger partial charge in [-0.3, -0.25) is 15.5 Å². The van der Waals surface area contributed by atoms with Gasteiger partial charge >= 0.3 is 5.69 Å². The third-order valence-corrected chi connectivity index (χ3v) is 3.01. The zero-order valence-corrected chi connectivity index (χ0v) is 13.0. The molecule has 0 saturated heterocycles. The van der Waals surface area contributed by atoms with E-state index in [9.17, 15) is 10.1 Å². The van der Waals surface area contributed by atoms with Gasteiger partial charge in [0.25, 0.3) is 0 Å². The van der Waals surface area contributed by atoms with Crippen molar-refractivity contribution >= 4 is 34.6 Å². The van der Waals surface area contributed by atoms with Gasteiger partial charge in [0.1, 0.15) is 6.33 Å². The number of nitrogens with zero attached hydrogens (tertiary/aromatic N) is 4. The van der Waals surface area contributed by atoms with Gasteiger partial charge in [0.05, 0.1) is 4.92 Å². The van der Waals surface area contributed by atoms with Crippen molar-refractivity contribution in [3.8, 4) is 0 Å². The molecule has 2 rings (SSSR count). The SMILES string of the molecule is Cc1cc(Cl)ccc1Nc1ncnc(NN(C)C)c1[N+](=O)[O-]. The van der Waals surface area contributed by atoms with E-state index in [2.05, 4.69) is 20.7 Å². The average molecular weight is 323 g/mol. The van der Waals surface area contributed by atoms with Crippen LogP contribution in [0.15, 0.2) is 24.5 Å². The molecule has 1 aromatic carbocycles.